The lowest BCUT2D eigenvalue weighted by Crippen LogP contribution is -2.33. The van der Waals surface area contributed by atoms with Crippen LogP contribution in [0.25, 0.3) is 11.5 Å². The highest BCUT2D eigenvalue weighted by molar-refractivity contribution is 5.93. The van der Waals surface area contributed by atoms with Gasteiger partial charge in [-0.2, -0.15) is 4.98 Å². The summed E-state index contributed by atoms with van der Waals surface area (Å²) >= 11 is 0. The highest BCUT2D eigenvalue weighted by Crippen LogP contribution is 2.39. The van der Waals surface area contributed by atoms with Crippen LogP contribution in [-0.4, -0.2) is 45.4 Å². The third kappa shape index (κ3) is 2.99. The second kappa shape index (κ2) is 5.90. The number of carbonyl (C=O) groups is 1. The first-order chi connectivity index (χ1) is 11.6. The van der Waals surface area contributed by atoms with Crippen LogP contribution in [0, 0.1) is 6.92 Å². The number of aliphatic hydroxyl groups is 1. The smallest absolute Gasteiger partial charge is 0.321 e. The molecular formula is C17H20N4O3. The van der Waals surface area contributed by atoms with Gasteiger partial charge in [0.2, 0.25) is 0 Å². The molecular weight excluding hydrogens is 308 g/mol. The number of nitrogens with one attached hydrogen (secondary N) is 1. The van der Waals surface area contributed by atoms with E-state index in [0.29, 0.717) is 37.0 Å². The first-order valence-corrected chi connectivity index (χ1v) is 8.29. The Labute approximate surface area is 139 Å². The van der Waals surface area contributed by atoms with Gasteiger partial charge in [0, 0.05) is 19.0 Å². The van der Waals surface area contributed by atoms with Gasteiger partial charge in [-0.1, -0.05) is 16.8 Å². The number of urea groups is 1. The van der Waals surface area contributed by atoms with Crippen LogP contribution in [0.2, 0.25) is 0 Å². The summed E-state index contributed by atoms with van der Waals surface area (Å²) in [4.78, 5) is 18.5. The van der Waals surface area contributed by atoms with Crippen LogP contribution < -0.4 is 5.32 Å². The Bertz CT molecular complexity index is 769. The van der Waals surface area contributed by atoms with Crippen LogP contribution >= 0.6 is 0 Å². The summed E-state index contributed by atoms with van der Waals surface area (Å²) in [5, 5.41) is 16.5. The van der Waals surface area contributed by atoms with Crippen molar-refractivity contribution in [1.29, 1.82) is 0 Å². The molecule has 1 atom stereocenters. The normalized spacial score (nSPS) is 20.4. The van der Waals surface area contributed by atoms with E-state index in [-0.39, 0.29) is 6.03 Å². The molecule has 4 rings (SSSR count). The van der Waals surface area contributed by atoms with E-state index < -0.39 is 6.10 Å². The lowest BCUT2D eigenvalue weighted by atomic mass is 10.1. The van der Waals surface area contributed by atoms with E-state index in [4.69, 9.17) is 4.52 Å². The molecule has 1 aliphatic carbocycles. The van der Waals surface area contributed by atoms with Gasteiger partial charge in [-0.15, -0.1) is 0 Å². The number of hydrogen-bond donors (Lipinski definition) is 2. The molecule has 2 amide bonds. The van der Waals surface area contributed by atoms with Gasteiger partial charge in [0.25, 0.3) is 5.89 Å². The molecule has 24 heavy (non-hydrogen) atoms. The lowest BCUT2D eigenvalue weighted by molar-refractivity contribution is 0.176. The van der Waals surface area contributed by atoms with Crippen LogP contribution in [0.5, 0.6) is 0 Å². The fourth-order valence-corrected chi connectivity index (χ4v) is 2.92. The molecule has 0 radical (unpaired) electrons. The van der Waals surface area contributed by atoms with E-state index in [1.54, 1.807) is 4.90 Å². The fraction of sp³-hybridized carbons (Fsp3) is 0.471. The molecule has 1 aromatic carbocycles. The molecule has 2 N–H and O–H groups in total. The maximum atomic E-state index is 12.4. The van der Waals surface area contributed by atoms with Crippen molar-refractivity contribution in [3.8, 4) is 11.5 Å². The van der Waals surface area contributed by atoms with Gasteiger partial charge < -0.3 is 19.8 Å². The van der Waals surface area contributed by atoms with Crippen LogP contribution in [-0.2, 0) is 0 Å². The minimum Gasteiger partial charge on any atom is -0.391 e. The third-order valence-corrected chi connectivity index (χ3v) is 4.48. The fourth-order valence-electron chi connectivity index (χ4n) is 2.92. The Morgan fingerprint density at radius 3 is 2.92 bits per heavy atom. The average Bonchev–Trinajstić information content (AvgIpc) is 3.13. The van der Waals surface area contributed by atoms with Gasteiger partial charge in [-0.05, 0) is 38.3 Å². The number of rotatable bonds is 3. The maximum absolute atomic E-state index is 12.4. The molecule has 2 aliphatic rings. The molecule has 1 saturated carbocycles. The standard InChI is InChI=1S/C17H20N4O3/c1-10-2-5-14(18-17(23)21-7-6-12(22)9-21)13(8-10)16-19-15(20-24-16)11-3-4-11/h2,5,8,11-12,22H,3-4,6-7,9H2,1H3,(H,18,23)/t12-/m1/s1. The van der Waals surface area contributed by atoms with Gasteiger partial charge in [0.1, 0.15) is 0 Å². The lowest BCUT2D eigenvalue weighted by Gasteiger charge is -2.17. The van der Waals surface area contributed by atoms with E-state index in [1.807, 2.05) is 25.1 Å². The summed E-state index contributed by atoms with van der Waals surface area (Å²) in [5.41, 5.74) is 2.41. The number of aliphatic hydroxyl groups excluding tert-OH is 1. The number of aryl methyl sites for hydroxylation is 1. The Balaban J connectivity index is 1.59. The first kappa shape index (κ1) is 15.1. The highest BCUT2D eigenvalue weighted by Gasteiger charge is 2.30. The topological polar surface area (TPSA) is 91.5 Å². The largest absolute Gasteiger partial charge is 0.391 e. The first-order valence-electron chi connectivity index (χ1n) is 8.29. The van der Waals surface area contributed by atoms with Gasteiger partial charge in [0.05, 0.1) is 17.4 Å². The Morgan fingerprint density at radius 1 is 1.38 bits per heavy atom. The number of hydrogen-bond acceptors (Lipinski definition) is 5. The summed E-state index contributed by atoms with van der Waals surface area (Å²) in [7, 11) is 0. The predicted molar refractivity (Wildman–Crippen MR) is 87.7 cm³/mol. The van der Waals surface area contributed by atoms with Crippen LogP contribution in [0.1, 0.15) is 36.6 Å². The molecule has 0 bridgehead atoms. The Hall–Kier alpha value is -2.41. The zero-order valence-electron chi connectivity index (χ0n) is 13.5. The van der Waals surface area contributed by atoms with Gasteiger partial charge in [0.15, 0.2) is 5.82 Å². The monoisotopic (exact) mass is 328 g/mol. The predicted octanol–water partition coefficient (Wildman–Crippen LogP) is 2.52. The minimum atomic E-state index is -0.440. The second-order valence-electron chi connectivity index (χ2n) is 6.60. The van der Waals surface area contributed by atoms with Gasteiger partial charge in [-0.25, -0.2) is 4.79 Å². The molecule has 1 aliphatic heterocycles. The van der Waals surface area contributed by atoms with Crippen molar-refractivity contribution in [3.63, 3.8) is 0 Å². The highest BCUT2D eigenvalue weighted by atomic mass is 16.5. The zero-order valence-corrected chi connectivity index (χ0v) is 13.5. The molecule has 2 fully saturated rings. The average molecular weight is 328 g/mol. The number of amides is 2. The number of carbonyl (C=O) groups excluding carboxylic acids is 1. The van der Waals surface area contributed by atoms with Crippen molar-refractivity contribution < 1.29 is 14.4 Å². The van der Waals surface area contributed by atoms with E-state index in [0.717, 1.165) is 29.8 Å². The second-order valence-corrected chi connectivity index (χ2v) is 6.60. The Morgan fingerprint density at radius 2 is 2.21 bits per heavy atom. The number of aromatic nitrogens is 2. The molecule has 7 nitrogen and oxygen atoms in total. The summed E-state index contributed by atoms with van der Waals surface area (Å²) in [6, 6.07) is 5.48. The van der Waals surface area contributed by atoms with E-state index in [2.05, 4.69) is 15.5 Å². The van der Waals surface area contributed by atoms with Crippen molar-refractivity contribution >= 4 is 11.7 Å². The zero-order chi connectivity index (χ0) is 16.7. The van der Waals surface area contributed by atoms with Crippen molar-refractivity contribution in [2.24, 2.45) is 0 Å². The van der Waals surface area contributed by atoms with Gasteiger partial charge >= 0.3 is 6.03 Å². The van der Waals surface area contributed by atoms with E-state index in [1.165, 1.54) is 0 Å². The molecule has 7 heteroatoms. The molecule has 0 spiro atoms. The SMILES string of the molecule is Cc1ccc(NC(=O)N2CC[C@@H](O)C2)c(-c2nc(C3CC3)no2)c1. The number of likely N-dealkylation sites (tertiary alicyclic amines) is 1. The quantitative estimate of drug-likeness (QED) is 0.903. The van der Waals surface area contributed by atoms with Crippen molar-refractivity contribution in [2.45, 2.75) is 38.2 Å². The summed E-state index contributed by atoms with van der Waals surface area (Å²) < 4.78 is 5.41. The Kier molecular flexibility index (Phi) is 3.72. The molecule has 2 heterocycles. The van der Waals surface area contributed by atoms with Crippen LogP contribution in [0.3, 0.4) is 0 Å². The molecule has 2 aromatic rings. The molecule has 1 saturated heterocycles. The molecule has 126 valence electrons. The summed E-state index contributed by atoms with van der Waals surface area (Å²) in [6.45, 7) is 2.89. The minimum absolute atomic E-state index is 0.224. The van der Waals surface area contributed by atoms with Crippen molar-refractivity contribution in [2.75, 3.05) is 18.4 Å². The molecule has 0 unspecified atom stereocenters. The summed E-state index contributed by atoms with van der Waals surface area (Å²) in [6.07, 6.45) is 2.38. The number of β-amino-alcohol motifs (C(OH)–C–C–N with tert-alkyl or cyclic N) is 1. The maximum Gasteiger partial charge on any atom is 0.321 e. The van der Waals surface area contributed by atoms with Gasteiger partial charge in [-0.3, -0.25) is 0 Å². The van der Waals surface area contributed by atoms with E-state index in [9.17, 15) is 9.90 Å². The number of anilines is 1. The number of nitrogens with zero attached hydrogens (tertiary/aromatic N) is 3. The van der Waals surface area contributed by atoms with Crippen molar-refractivity contribution in [1.82, 2.24) is 15.0 Å². The van der Waals surface area contributed by atoms with E-state index >= 15 is 0 Å². The third-order valence-electron chi connectivity index (χ3n) is 4.48. The summed E-state index contributed by atoms with van der Waals surface area (Å²) in [5.74, 6) is 1.58. The van der Waals surface area contributed by atoms with Crippen LogP contribution in [0.4, 0.5) is 10.5 Å². The van der Waals surface area contributed by atoms with Crippen molar-refractivity contribution in [3.05, 3.63) is 29.6 Å². The number of benzene rings is 1. The molecule has 1 aromatic heterocycles. The van der Waals surface area contributed by atoms with Crippen LogP contribution in [0.15, 0.2) is 22.7 Å².